The first kappa shape index (κ1) is 15.6. The van der Waals surface area contributed by atoms with Gasteiger partial charge in [0, 0.05) is 5.69 Å². The van der Waals surface area contributed by atoms with Crippen LogP contribution in [0, 0.1) is 10.8 Å². The van der Waals surface area contributed by atoms with Crippen LogP contribution in [-0.2, 0) is 10.9 Å². The SMILES string of the molecule is N=COC(=N)c1ccccc1Nc1ccc(C(F)(F)F)cc1. The first-order valence-corrected chi connectivity index (χ1v) is 6.19. The average molecular weight is 307 g/mol. The Morgan fingerprint density at radius 2 is 1.68 bits per heavy atom. The lowest BCUT2D eigenvalue weighted by Crippen LogP contribution is -2.07. The van der Waals surface area contributed by atoms with Gasteiger partial charge < -0.3 is 10.1 Å². The van der Waals surface area contributed by atoms with Crippen LogP contribution in [0.5, 0.6) is 0 Å². The molecule has 114 valence electrons. The van der Waals surface area contributed by atoms with Gasteiger partial charge in [-0.1, -0.05) is 12.1 Å². The molecular weight excluding hydrogens is 295 g/mol. The van der Waals surface area contributed by atoms with Gasteiger partial charge in [-0.2, -0.15) is 13.2 Å². The monoisotopic (exact) mass is 307 g/mol. The highest BCUT2D eigenvalue weighted by Crippen LogP contribution is 2.30. The van der Waals surface area contributed by atoms with E-state index in [2.05, 4.69) is 5.32 Å². The third-order valence-electron chi connectivity index (χ3n) is 2.84. The van der Waals surface area contributed by atoms with Crippen molar-refractivity contribution in [3.63, 3.8) is 0 Å². The van der Waals surface area contributed by atoms with Crippen LogP contribution in [0.1, 0.15) is 11.1 Å². The van der Waals surface area contributed by atoms with Crippen LogP contribution in [0.15, 0.2) is 48.5 Å². The minimum Gasteiger partial charge on any atom is -0.428 e. The molecule has 0 unspecified atom stereocenters. The van der Waals surface area contributed by atoms with Crippen molar-refractivity contribution in [2.24, 2.45) is 0 Å². The molecule has 4 nitrogen and oxygen atoms in total. The Kier molecular flexibility index (Phi) is 4.45. The van der Waals surface area contributed by atoms with E-state index in [9.17, 15) is 13.2 Å². The topological polar surface area (TPSA) is 69.0 Å². The highest BCUT2D eigenvalue weighted by atomic mass is 19.4. The maximum absolute atomic E-state index is 12.5. The predicted octanol–water partition coefficient (Wildman–Crippen LogP) is 4.40. The Morgan fingerprint density at radius 1 is 1.05 bits per heavy atom. The second kappa shape index (κ2) is 6.30. The van der Waals surface area contributed by atoms with Crippen molar-refractivity contribution < 1.29 is 17.9 Å². The molecule has 0 spiro atoms. The van der Waals surface area contributed by atoms with E-state index in [0.29, 0.717) is 23.3 Å². The van der Waals surface area contributed by atoms with E-state index in [4.69, 9.17) is 15.6 Å². The zero-order chi connectivity index (χ0) is 16.2. The molecule has 0 heterocycles. The van der Waals surface area contributed by atoms with Crippen molar-refractivity contribution in [1.82, 2.24) is 0 Å². The molecule has 0 radical (unpaired) electrons. The number of nitrogens with one attached hydrogen (secondary N) is 3. The number of benzene rings is 2. The van der Waals surface area contributed by atoms with E-state index in [1.807, 2.05) is 0 Å². The molecule has 0 aliphatic heterocycles. The summed E-state index contributed by atoms with van der Waals surface area (Å²) in [4.78, 5) is 0. The van der Waals surface area contributed by atoms with Gasteiger partial charge >= 0.3 is 6.18 Å². The van der Waals surface area contributed by atoms with E-state index in [-0.39, 0.29) is 5.90 Å². The fraction of sp³-hybridized carbons (Fsp3) is 0.0667. The molecule has 2 aromatic rings. The second-order valence-electron chi connectivity index (χ2n) is 4.31. The summed E-state index contributed by atoms with van der Waals surface area (Å²) in [6, 6.07) is 11.2. The number of ether oxygens (including phenoxy) is 1. The average Bonchev–Trinajstić information content (AvgIpc) is 2.47. The largest absolute Gasteiger partial charge is 0.428 e. The van der Waals surface area contributed by atoms with Crippen molar-refractivity contribution >= 4 is 23.7 Å². The van der Waals surface area contributed by atoms with Crippen LogP contribution < -0.4 is 5.32 Å². The van der Waals surface area contributed by atoms with E-state index >= 15 is 0 Å². The van der Waals surface area contributed by atoms with Crippen LogP contribution in [0.3, 0.4) is 0 Å². The number of para-hydroxylation sites is 1. The molecule has 0 fully saturated rings. The third kappa shape index (κ3) is 3.63. The van der Waals surface area contributed by atoms with E-state index in [0.717, 1.165) is 12.1 Å². The highest BCUT2D eigenvalue weighted by Gasteiger charge is 2.29. The molecule has 7 heteroatoms. The lowest BCUT2D eigenvalue weighted by atomic mass is 10.1. The normalized spacial score (nSPS) is 10.9. The van der Waals surface area contributed by atoms with Gasteiger partial charge in [0.1, 0.15) is 0 Å². The molecule has 0 aliphatic rings. The minimum atomic E-state index is -4.38. The van der Waals surface area contributed by atoms with Gasteiger partial charge in [0.05, 0.1) is 16.8 Å². The standard InChI is InChI=1S/C15H12F3N3O/c16-15(17,18)10-5-7-11(8-6-10)21-13-4-2-1-3-12(13)14(20)22-9-19/h1-9,19-21H. The summed E-state index contributed by atoms with van der Waals surface area (Å²) in [5.74, 6) is -0.231. The predicted molar refractivity (Wildman–Crippen MR) is 77.9 cm³/mol. The van der Waals surface area contributed by atoms with Crippen LogP contribution in [0.25, 0.3) is 0 Å². The summed E-state index contributed by atoms with van der Waals surface area (Å²) in [5.41, 5.74) is 0.606. The third-order valence-corrected chi connectivity index (χ3v) is 2.84. The van der Waals surface area contributed by atoms with Gasteiger partial charge in [0.2, 0.25) is 5.90 Å². The summed E-state index contributed by atoms with van der Waals surface area (Å²) in [6.07, 6.45) is -3.74. The summed E-state index contributed by atoms with van der Waals surface area (Å²) < 4.78 is 42.3. The van der Waals surface area contributed by atoms with E-state index < -0.39 is 11.7 Å². The van der Waals surface area contributed by atoms with Crippen LogP contribution >= 0.6 is 0 Å². The van der Waals surface area contributed by atoms with Crippen LogP contribution in [0.4, 0.5) is 24.5 Å². The smallest absolute Gasteiger partial charge is 0.416 e. The molecule has 0 aliphatic carbocycles. The summed E-state index contributed by atoms with van der Waals surface area (Å²) >= 11 is 0. The van der Waals surface area contributed by atoms with E-state index in [1.165, 1.54) is 12.1 Å². The number of hydrogen-bond acceptors (Lipinski definition) is 4. The quantitative estimate of drug-likeness (QED) is 0.579. The number of halogens is 3. The molecule has 22 heavy (non-hydrogen) atoms. The van der Waals surface area contributed by atoms with E-state index in [1.54, 1.807) is 24.3 Å². The Bertz CT molecular complexity index is 681. The molecule has 0 bridgehead atoms. The second-order valence-corrected chi connectivity index (χ2v) is 4.31. The van der Waals surface area contributed by atoms with Crippen LogP contribution in [0.2, 0.25) is 0 Å². The fourth-order valence-electron chi connectivity index (χ4n) is 1.81. The molecule has 3 N–H and O–H groups in total. The van der Waals surface area contributed by atoms with Gasteiger partial charge in [-0.3, -0.25) is 10.8 Å². The van der Waals surface area contributed by atoms with Gasteiger partial charge in [-0.05, 0) is 36.4 Å². The number of anilines is 2. The number of rotatable bonds is 4. The summed E-state index contributed by atoms with van der Waals surface area (Å²) in [6.45, 7) is 0. The molecule has 0 atom stereocenters. The molecule has 0 saturated carbocycles. The summed E-state index contributed by atoms with van der Waals surface area (Å²) in [7, 11) is 0. The van der Waals surface area contributed by atoms with Crippen LogP contribution in [-0.4, -0.2) is 12.3 Å². The molecule has 0 saturated heterocycles. The van der Waals surface area contributed by atoms with Crippen molar-refractivity contribution in [2.45, 2.75) is 6.18 Å². The Morgan fingerprint density at radius 3 is 2.27 bits per heavy atom. The van der Waals surface area contributed by atoms with Crippen molar-refractivity contribution in [1.29, 1.82) is 10.8 Å². The molecule has 2 aromatic carbocycles. The molecule has 0 amide bonds. The zero-order valence-electron chi connectivity index (χ0n) is 11.2. The van der Waals surface area contributed by atoms with Gasteiger partial charge in [-0.25, -0.2) is 0 Å². The maximum atomic E-state index is 12.5. The molecular formula is C15H12F3N3O. The van der Waals surface area contributed by atoms with Crippen molar-refractivity contribution in [3.05, 3.63) is 59.7 Å². The lowest BCUT2D eigenvalue weighted by Gasteiger charge is -2.13. The fourth-order valence-corrected chi connectivity index (χ4v) is 1.81. The molecule has 2 rings (SSSR count). The minimum absolute atomic E-state index is 0.231. The Hall–Kier alpha value is -2.83. The highest BCUT2D eigenvalue weighted by molar-refractivity contribution is 6.00. The van der Waals surface area contributed by atoms with Gasteiger partial charge in [0.25, 0.3) is 0 Å². The zero-order valence-corrected chi connectivity index (χ0v) is 11.2. The number of alkyl halides is 3. The van der Waals surface area contributed by atoms with Gasteiger partial charge in [-0.15, -0.1) is 0 Å². The van der Waals surface area contributed by atoms with Crippen molar-refractivity contribution in [2.75, 3.05) is 5.32 Å². The molecule has 0 aromatic heterocycles. The first-order chi connectivity index (χ1) is 10.4. The Balaban J connectivity index is 2.24. The van der Waals surface area contributed by atoms with Crippen molar-refractivity contribution in [3.8, 4) is 0 Å². The lowest BCUT2D eigenvalue weighted by molar-refractivity contribution is -0.137. The number of hydrogen-bond donors (Lipinski definition) is 3. The first-order valence-electron chi connectivity index (χ1n) is 6.19. The Labute approximate surface area is 124 Å². The van der Waals surface area contributed by atoms with Gasteiger partial charge in [0.15, 0.2) is 6.40 Å². The summed E-state index contributed by atoms with van der Waals surface area (Å²) in [5, 5.41) is 17.5. The maximum Gasteiger partial charge on any atom is 0.416 e.